The van der Waals surface area contributed by atoms with E-state index in [4.69, 9.17) is 5.73 Å². The number of rotatable bonds is 0. The van der Waals surface area contributed by atoms with E-state index < -0.39 is 0 Å². The van der Waals surface area contributed by atoms with Crippen molar-refractivity contribution in [2.75, 3.05) is 0 Å². The summed E-state index contributed by atoms with van der Waals surface area (Å²) in [6.07, 6.45) is 4.09. The van der Waals surface area contributed by atoms with Gasteiger partial charge in [-0.3, -0.25) is 0 Å². The lowest BCUT2D eigenvalue weighted by Crippen LogP contribution is -2.03. The van der Waals surface area contributed by atoms with Gasteiger partial charge in [0, 0.05) is 6.04 Å². The Hall–Kier alpha value is -1.86. The highest BCUT2D eigenvalue weighted by Gasteiger charge is 2.10. The van der Waals surface area contributed by atoms with E-state index in [0.29, 0.717) is 0 Å². The Morgan fingerprint density at radius 1 is 0.750 bits per heavy atom. The molecule has 1 atom stereocenters. The van der Waals surface area contributed by atoms with Gasteiger partial charge in [0.1, 0.15) is 0 Å². The van der Waals surface area contributed by atoms with E-state index in [0.717, 1.165) is 0 Å². The third-order valence-corrected chi connectivity index (χ3v) is 2.50. The van der Waals surface area contributed by atoms with Gasteiger partial charge in [0.15, 0.2) is 0 Å². The lowest BCUT2D eigenvalue weighted by Gasteiger charge is -2.01. The summed E-state index contributed by atoms with van der Waals surface area (Å²) in [4.78, 5) is 0. The third-order valence-electron chi connectivity index (χ3n) is 2.50. The Morgan fingerprint density at radius 2 is 1.31 bits per heavy atom. The minimum Gasteiger partial charge on any atom is -0.321 e. The number of hydrogen-bond acceptors (Lipinski definition) is 1. The number of fused-ring (bicyclic) bond motifs is 1. The van der Waals surface area contributed by atoms with Gasteiger partial charge >= 0.3 is 0 Å². The monoisotopic (exact) mass is 209 g/mol. The van der Waals surface area contributed by atoms with Crippen LogP contribution in [-0.4, -0.2) is 0 Å². The summed E-state index contributed by atoms with van der Waals surface area (Å²) in [5, 5.41) is 0. The first-order valence-electron chi connectivity index (χ1n) is 5.40. The Kier molecular flexibility index (Phi) is 3.52. The van der Waals surface area contributed by atoms with Crippen molar-refractivity contribution in [1.82, 2.24) is 0 Å². The molecule has 0 aromatic heterocycles. The van der Waals surface area contributed by atoms with Gasteiger partial charge in [-0.05, 0) is 11.1 Å². The Labute approximate surface area is 96.2 Å². The van der Waals surface area contributed by atoms with Crippen LogP contribution < -0.4 is 5.73 Å². The lowest BCUT2D eigenvalue weighted by atomic mass is 10.1. The molecular formula is C15H15N. The van der Waals surface area contributed by atoms with Crippen LogP contribution >= 0.6 is 0 Å². The molecule has 16 heavy (non-hydrogen) atoms. The molecule has 0 fully saturated rings. The summed E-state index contributed by atoms with van der Waals surface area (Å²) in [7, 11) is 0. The fourth-order valence-corrected chi connectivity index (χ4v) is 1.66. The van der Waals surface area contributed by atoms with Crippen LogP contribution in [0.1, 0.15) is 17.2 Å². The van der Waals surface area contributed by atoms with Crippen LogP contribution in [0.15, 0.2) is 66.7 Å². The average Bonchev–Trinajstić information content (AvgIpc) is 2.75. The van der Waals surface area contributed by atoms with Crippen molar-refractivity contribution >= 4 is 6.08 Å². The van der Waals surface area contributed by atoms with Gasteiger partial charge in [0.25, 0.3) is 0 Å². The molecule has 0 aliphatic heterocycles. The van der Waals surface area contributed by atoms with Gasteiger partial charge in [-0.25, -0.2) is 0 Å². The standard InChI is InChI=1S/C9H9N.C6H6/c10-9-6-5-7-3-1-2-4-8(7)9;1-2-4-6-5-3-1/h1-6,9H,10H2;1-6H. The lowest BCUT2D eigenvalue weighted by molar-refractivity contribution is 0.931. The van der Waals surface area contributed by atoms with E-state index in [1.165, 1.54) is 11.1 Å². The van der Waals surface area contributed by atoms with Crippen LogP contribution in [0.3, 0.4) is 0 Å². The van der Waals surface area contributed by atoms with Crippen molar-refractivity contribution in [2.45, 2.75) is 6.04 Å². The van der Waals surface area contributed by atoms with Crippen LogP contribution in [0.5, 0.6) is 0 Å². The van der Waals surface area contributed by atoms with E-state index in [9.17, 15) is 0 Å². The van der Waals surface area contributed by atoms with Gasteiger partial charge in [-0.15, -0.1) is 0 Å². The van der Waals surface area contributed by atoms with Crippen LogP contribution in [0.25, 0.3) is 6.08 Å². The second kappa shape index (κ2) is 5.29. The van der Waals surface area contributed by atoms with E-state index in [1.807, 2.05) is 54.6 Å². The molecule has 0 heterocycles. The summed E-state index contributed by atoms with van der Waals surface area (Å²) in [5.41, 5.74) is 8.26. The highest BCUT2D eigenvalue weighted by Crippen LogP contribution is 2.24. The van der Waals surface area contributed by atoms with E-state index in [1.54, 1.807) is 0 Å². The van der Waals surface area contributed by atoms with Crippen molar-refractivity contribution < 1.29 is 0 Å². The predicted molar refractivity (Wildman–Crippen MR) is 68.8 cm³/mol. The fraction of sp³-hybridized carbons (Fsp3) is 0.0667. The number of benzene rings is 2. The second-order valence-electron chi connectivity index (χ2n) is 3.67. The smallest absolute Gasteiger partial charge is 0.0490 e. The molecule has 0 saturated heterocycles. The van der Waals surface area contributed by atoms with E-state index in [2.05, 4.69) is 18.2 Å². The maximum atomic E-state index is 5.76. The van der Waals surface area contributed by atoms with Crippen molar-refractivity contribution in [2.24, 2.45) is 5.73 Å². The first-order valence-corrected chi connectivity index (χ1v) is 5.40. The molecule has 0 amide bonds. The Balaban J connectivity index is 0.000000138. The summed E-state index contributed by atoms with van der Waals surface area (Å²) < 4.78 is 0. The van der Waals surface area contributed by atoms with Crippen LogP contribution in [-0.2, 0) is 0 Å². The number of nitrogens with two attached hydrogens (primary N) is 1. The van der Waals surface area contributed by atoms with E-state index in [-0.39, 0.29) is 6.04 Å². The summed E-state index contributed by atoms with van der Waals surface area (Å²) in [5.74, 6) is 0. The number of hydrogen-bond donors (Lipinski definition) is 1. The molecular weight excluding hydrogens is 194 g/mol. The molecule has 1 aliphatic rings. The molecule has 0 spiro atoms. The fourth-order valence-electron chi connectivity index (χ4n) is 1.66. The second-order valence-corrected chi connectivity index (χ2v) is 3.67. The molecule has 3 rings (SSSR count). The van der Waals surface area contributed by atoms with Crippen LogP contribution in [0, 0.1) is 0 Å². The largest absolute Gasteiger partial charge is 0.321 e. The van der Waals surface area contributed by atoms with E-state index >= 15 is 0 Å². The maximum absolute atomic E-state index is 5.76. The van der Waals surface area contributed by atoms with Crippen molar-refractivity contribution in [3.05, 3.63) is 77.9 Å². The quantitative estimate of drug-likeness (QED) is 0.707. The summed E-state index contributed by atoms with van der Waals surface area (Å²) in [6, 6.07) is 20.3. The molecule has 1 aliphatic carbocycles. The highest BCUT2D eigenvalue weighted by molar-refractivity contribution is 5.61. The molecule has 1 nitrogen and oxygen atoms in total. The zero-order chi connectivity index (χ0) is 11.2. The van der Waals surface area contributed by atoms with Gasteiger partial charge < -0.3 is 5.73 Å². The molecule has 80 valence electrons. The van der Waals surface area contributed by atoms with Gasteiger partial charge in [-0.2, -0.15) is 0 Å². The molecule has 2 N–H and O–H groups in total. The average molecular weight is 209 g/mol. The summed E-state index contributed by atoms with van der Waals surface area (Å²) in [6.45, 7) is 0. The normalized spacial score (nSPS) is 16.2. The molecule has 0 saturated carbocycles. The first-order chi connectivity index (χ1) is 7.88. The Bertz CT molecular complexity index is 433. The molecule has 0 radical (unpaired) electrons. The zero-order valence-corrected chi connectivity index (χ0v) is 9.08. The van der Waals surface area contributed by atoms with Crippen LogP contribution in [0.2, 0.25) is 0 Å². The van der Waals surface area contributed by atoms with Crippen molar-refractivity contribution in [1.29, 1.82) is 0 Å². The molecule has 2 aromatic carbocycles. The van der Waals surface area contributed by atoms with Gasteiger partial charge in [-0.1, -0.05) is 72.8 Å². The molecule has 1 unspecified atom stereocenters. The molecule has 0 bridgehead atoms. The van der Waals surface area contributed by atoms with Crippen LogP contribution in [0.4, 0.5) is 0 Å². The molecule has 1 heteroatoms. The first kappa shape index (κ1) is 10.7. The topological polar surface area (TPSA) is 26.0 Å². The van der Waals surface area contributed by atoms with Crippen molar-refractivity contribution in [3.63, 3.8) is 0 Å². The maximum Gasteiger partial charge on any atom is 0.0490 e. The third kappa shape index (κ3) is 2.59. The van der Waals surface area contributed by atoms with Gasteiger partial charge in [0.05, 0.1) is 0 Å². The zero-order valence-electron chi connectivity index (χ0n) is 9.08. The van der Waals surface area contributed by atoms with Crippen molar-refractivity contribution in [3.8, 4) is 0 Å². The summed E-state index contributed by atoms with van der Waals surface area (Å²) >= 11 is 0. The predicted octanol–water partition coefficient (Wildman–Crippen LogP) is 3.40. The SMILES string of the molecule is NC1C=Cc2ccccc21.c1ccccc1. The van der Waals surface area contributed by atoms with Gasteiger partial charge in [0.2, 0.25) is 0 Å². The minimum absolute atomic E-state index is 0.121. The molecule has 2 aromatic rings. The Morgan fingerprint density at radius 3 is 1.88 bits per heavy atom. The highest BCUT2D eigenvalue weighted by atomic mass is 14.6. The minimum atomic E-state index is 0.121.